The van der Waals surface area contributed by atoms with Gasteiger partial charge < -0.3 is 4.74 Å². The molecule has 2 aromatic heterocycles. The molecule has 1 saturated heterocycles. The predicted octanol–water partition coefficient (Wildman–Crippen LogP) is 4.47. The largest absolute Gasteiger partial charge is 0.378 e. The minimum Gasteiger partial charge on any atom is -0.378 e. The van der Waals surface area contributed by atoms with Gasteiger partial charge in [0.15, 0.2) is 5.65 Å². The Balaban J connectivity index is 1.92. The molecular formula is C19H18ClFN4O. The quantitative estimate of drug-likeness (QED) is 0.664. The van der Waals surface area contributed by atoms with Gasteiger partial charge in [0, 0.05) is 29.3 Å². The molecule has 3 aromatic rings. The second-order valence-corrected chi connectivity index (χ2v) is 7.08. The first-order valence-electron chi connectivity index (χ1n) is 8.59. The van der Waals surface area contributed by atoms with Crippen LogP contribution in [0.2, 0.25) is 5.02 Å². The summed E-state index contributed by atoms with van der Waals surface area (Å²) in [6.45, 7) is 4.56. The Kier molecular flexibility index (Phi) is 4.54. The average molecular weight is 373 g/mol. The van der Waals surface area contributed by atoms with Crippen molar-refractivity contribution in [3.05, 3.63) is 46.8 Å². The maximum absolute atomic E-state index is 14.6. The van der Waals surface area contributed by atoms with E-state index in [9.17, 15) is 4.39 Å². The van der Waals surface area contributed by atoms with E-state index in [1.54, 1.807) is 18.3 Å². The van der Waals surface area contributed by atoms with Crippen molar-refractivity contribution in [2.45, 2.75) is 38.7 Å². The fraction of sp³-hybridized carbons (Fsp3) is 0.368. The predicted molar refractivity (Wildman–Crippen MR) is 97.7 cm³/mol. The number of nitrogens with zero attached hydrogens (tertiary/aromatic N) is 4. The number of hydrogen-bond acceptors (Lipinski definition) is 5. The number of fused-ring (bicyclic) bond motifs is 1. The highest BCUT2D eigenvalue weighted by Crippen LogP contribution is 2.33. The van der Waals surface area contributed by atoms with Crippen LogP contribution in [0.1, 0.15) is 37.2 Å². The molecule has 7 heteroatoms. The highest BCUT2D eigenvalue weighted by atomic mass is 35.5. The number of halogens is 2. The molecule has 5 nitrogen and oxygen atoms in total. The summed E-state index contributed by atoms with van der Waals surface area (Å²) in [7, 11) is 0. The monoisotopic (exact) mass is 372 g/mol. The Morgan fingerprint density at radius 1 is 1.23 bits per heavy atom. The van der Waals surface area contributed by atoms with Crippen LogP contribution in [-0.4, -0.2) is 32.6 Å². The third kappa shape index (κ3) is 3.27. The molecule has 3 heterocycles. The summed E-state index contributed by atoms with van der Waals surface area (Å²) in [5, 5.41) is 0.338. The van der Waals surface area contributed by atoms with Gasteiger partial charge in [-0.05, 0) is 44.9 Å². The van der Waals surface area contributed by atoms with Crippen LogP contribution in [0, 0.1) is 12.7 Å². The molecule has 0 spiro atoms. The van der Waals surface area contributed by atoms with Crippen LogP contribution in [0.5, 0.6) is 0 Å². The lowest BCUT2D eigenvalue weighted by Crippen LogP contribution is -2.23. The first-order valence-corrected chi connectivity index (χ1v) is 8.97. The normalized spacial score (nSPS) is 20.5. The number of aromatic nitrogens is 4. The maximum atomic E-state index is 14.6. The van der Waals surface area contributed by atoms with Crippen molar-refractivity contribution in [3.8, 4) is 11.3 Å². The molecule has 0 radical (unpaired) electrons. The van der Waals surface area contributed by atoms with E-state index in [1.165, 1.54) is 6.07 Å². The van der Waals surface area contributed by atoms with Crippen LogP contribution in [0.25, 0.3) is 22.4 Å². The van der Waals surface area contributed by atoms with E-state index in [0.29, 0.717) is 39.9 Å². The SMILES string of the molecule is Cc1cnc2c(-c3ccc(Cl)cc3F)nc(C3CCOC(C)C3)nc2n1. The zero-order valence-electron chi connectivity index (χ0n) is 14.5. The van der Waals surface area contributed by atoms with Crippen molar-refractivity contribution < 1.29 is 9.13 Å². The molecule has 4 rings (SSSR count). The highest BCUT2D eigenvalue weighted by Gasteiger charge is 2.25. The minimum absolute atomic E-state index is 0.146. The summed E-state index contributed by atoms with van der Waals surface area (Å²) in [6, 6.07) is 4.55. The third-order valence-electron chi connectivity index (χ3n) is 4.58. The Hall–Kier alpha value is -2.18. The molecule has 26 heavy (non-hydrogen) atoms. The summed E-state index contributed by atoms with van der Waals surface area (Å²) >= 11 is 5.90. The second-order valence-electron chi connectivity index (χ2n) is 6.64. The molecule has 0 bridgehead atoms. The van der Waals surface area contributed by atoms with E-state index in [0.717, 1.165) is 18.5 Å². The van der Waals surface area contributed by atoms with Crippen molar-refractivity contribution in [1.82, 2.24) is 19.9 Å². The molecule has 134 valence electrons. The van der Waals surface area contributed by atoms with Gasteiger partial charge in [0.2, 0.25) is 0 Å². The van der Waals surface area contributed by atoms with Gasteiger partial charge in [-0.15, -0.1) is 0 Å². The number of hydrogen-bond donors (Lipinski definition) is 0. The highest BCUT2D eigenvalue weighted by molar-refractivity contribution is 6.30. The summed E-state index contributed by atoms with van der Waals surface area (Å²) in [6.07, 6.45) is 3.44. The molecular weight excluding hydrogens is 355 g/mol. The molecule has 2 unspecified atom stereocenters. The van der Waals surface area contributed by atoms with Crippen molar-refractivity contribution in [3.63, 3.8) is 0 Å². The fourth-order valence-electron chi connectivity index (χ4n) is 3.30. The Bertz CT molecular complexity index is 981. The molecule has 0 saturated carbocycles. The van der Waals surface area contributed by atoms with Gasteiger partial charge in [-0.1, -0.05) is 11.6 Å². The molecule has 0 aliphatic carbocycles. The van der Waals surface area contributed by atoms with Crippen molar-refractivity contribution in [2.24, 2.45) is 0 Å². The fourth-order valence-corrected chi connectivity index (χ4v) is 3.45. The van der Waals surface area contributed by atoms with Crippen LogP contribution in [0.3, 0.4) is 0 Å². The van der Waals surface area contributed by atoms with Crippen molar-refractivity contribution in [2.75, 3.05) is 6.61 Å². The molecule has 0 amide bonds. The molecule has 1 aliphatic rings. The number of ether oxygens (including phenoxy) is 1. The average Bonchev–Trinajstić information content (AvgIpc) is 2.60. The lowest BCUT2D eigenvalue weighted by atomic mass is 9.95. The second kappa shape index (κ2) is 6.85. The third-order valence-corrected chi connectivity index (χ3v) is 4.82. The van der Waals surface area contributed by atoms with Crippen LogP contribution in [-0.2, 0) is 4.74 Å². The number of benzene rings is 1. The van der Waals surface area contributed by atoms with Crippen LogP contribution >= 0.6 is 11.6 Å². The Morgan fingerprint density at radius 3 is 2.85 bits per heavy atom. The molecule has 1 aromatic carbocycles. The van der Waals surface area contributed by atoms with Gasteiger partial charge in [-0.3, -0.25) is 0 Å². The van der Waals surface area contributed by atoms with E-state index in [1.807, 2.05) is 13.8 Å². The first-order chi connectivity index (χ1) is 12.5. The summed E-state index contributed by atoms with van der Waals surface area (Å²) in [5.41, 5.74) is 2.52. The molecule has 1 aliphatic heterocycles. The van der Waals surface area contributed by atoms with Gasteiger partial charge in [-0.2, -0.15) is 0 Å². The zero-order chi connectivity index (χ0) is 18.3. The molecule has 0 N–H and O–H groups in total. The number of rotatable bonds is 2. The standard InChI is InChI=1S/C19H18ClFN4O/c1-10-9-22-17-16(14-4-3-13(20)8-15(14)21)24-18(25-19(17)23-10)12-5-6-26-11(2)7-12/h3-4,8-9,11-12H,5-7H2,1-2H3. The summed E-state index contributed by atoms with van der Waals surface area (Å²) in [4.78, 5) is 18.2. The Morgan fingerprint density at radius 2 is 2.08 bits per heavy atom. The lowest BCUT2D eigenvalue weighted by Gasteiger charge is -2.26. The van der Waals surface area contributed by atoms with Gasteiger partial charge in [0.25, 0.3) is 0 Å². The smallest absolute Gasteiger partial charge is 0.182 e. The minimum atomic E-state index is -0.439. The topological polar surface area (TPSA) is 60.8 Å². The lowest BCUT2D eigenvalue weighted by molar-refractivity contribution is 0.0173. The van der Waals surface area contributed by atoms with Gasteiger partial charge in [-0.25, -0.2) is 24.3 Å². The van der Waals surface area contributed by atoms with Crippen molar-refractivity contribution in [1.29, 1.82) is 0 Å². The van der Waals surface area contributed by atoms with Crippen molar-refractivity contribution >= 4 is 22.8 Å². The van der Waals surface area contributed by atoms with Gasteiger partial charge in [0.05, 0.1) is 11.8 Å². The summed E-state index contributed by atoms with van der Waals surface area (Å²) in [5.74, 6) is 0.377. The van der Waals surface area contributed by atoms with Gasteiger partial charge >= 0.3 is 0 Å². The van der Waals surface area contributed by atoms with Crippen LogP contribution < -0.4 is 0 Å². The van der Waals surface area contributed by atoms with E-state index < -0.39 is 5.82 Å². The molecule has 1 fully saturated rings. The van der Waals surface area contributed by atoms with E-state index >= 15 is 0 Å². The Labute approximate surface area is 155 Å². The van der Waals surface area contributed by atoms with Crippen LogP contribution in [0.4, 0.5) is 4.39 Å². The molecule has 2 atom stereocenters. The van der Waals surface area contributed by atoms with E-state index in [4.69, 9.17) is 21.3 Å². The van der Waals surface area contributed by atoms with E-state index in [-0.39, 0.29) is 12.0 Å². The summed E-state index contributed by atoms with van der Waals surface area (Å²) < 4.78 is 20.2. The maximum Gasteiger partial charge on any atom is 0.182 e. The number of aryl methyl sites for hydroxylation is 1. The van der Waals surface area contributed by atoms with Gasteiger partial charge in [0.1, 0.15) is 22.9 Å². The van der Waals surface area contributed by atoms with Crippen LogP contribution in [0.15, 0.2) is 24.4 Å². The first kappa shape index (κ1) is 17.2. The zero-order valence-corrected chi connectivity index (χ0v) is 15.3. The van der Waals surface area contributed by atoms with E-state index in [2.05, 4.69) is 15.0 Å².